The minimum atomic E-state index is 0.191. The molecule has 1 aliphatic carbocycles. The predicted octanol–water partition coefficient (Wildman–Crippen LogP) is 1.85. The van der Waals surface area contributed by atoms with Crippen LogP contribution in [-0.4, -0.2) is 12.3 Å². The van der Waals surface area contributed by atoms with Crippen molar-refractivity contribution in [1.29, 1.82) is 0 Å². The largest absolute Gasteiger partial charge is 0.306 e. The maximum absolute atomic E-state index is 10.8. The van der Waals surface area contributed by atoms with Gasteiger partial charge in [-0.1, -0.05) is 18.2 Å². The van der Waals surface area contributed by atoms with Crippen LogP contribution in [0.5, 0.6) is 0 Å². The molecule has 1 aromatic rings. The quantitative estimate of drug-likeness (QED) is 0.809. The van der Waals surface area contributed by atoms with Crippen molar-refractivity contribution in [2.45, 2.75) is 32.7 Å². The molecule has 0 heterocycles. The summed E-state index contributed by atoms with van der Waals surface area (Å²) in [4.78, 5) is 10.8. The van der Waals surface area contributed by atoms with Crippen molar-refractivity contribution in [2.24, 2.45) is 0 Å². The summed E-state index contributed by atoms with van der Waals surface area (Å²) in [5, 5.41) is 3.14. The van der Waals surface area contributed by atoms with Crippen LogP contribution in [0.15, 0.2) is 18.2 Å². The van der Waals surface area contributed by atoms with Crippen LogP contribution in [0.3, 0.4) is 0 Å². The average Bonchev–Trinajstić information content (AvgIpc) is 2.64. The molecule has 0 aliphatic heterocycles. The Kier molecular flexibility index (Phi) is 3.17. The fraction of sp³-hybridized carbons (Fsp3) is 0.462. The molecule has 0 saturated heterocycles. The molecule has 0 atom stereocenters. The van der Waals surface area contributed by atoms with E-state index in [1.165, 1.54) is 36.0 Å². The maximum Gasteiger partial charge on any atom is 0.143 e. The first-order valence-corrected chi connectivity index (χ1v) is 5.56. The van der Waals surface area contributed by atoms with Gasteiger partial charge in [0.05, 0.1) is 6.54 Å². The van der Waals surface area contributed by atoms with Gasteiger partial charge in [-0.05, 0) is 42.9 Å². The number of carbonyl (C=O) groups excluding carboxylic acids is 1. The molecule has 1 N–H and O–H groups in total. The number of Topliss-reactive ketones (excluding diaryl/α,β-unsaturated/α-hetero) is 1. The number of hydrogen-bond acceptors (Lipinski definition) is 2. The second-order valence-electron chi connectivity index (χ2n) is 4.26. The fourth-order valence-electron chi connectivity index (χ4n) is 2.12. The van der Waals surface area contributed by atoms with Gasteiger partial charge in [0.15, 0.2) is 0 Å². The smallest absolute Gasteiger partial charge is 0.143 e. The van der Waals surface area contributed by atoms with E-state index in [9.17, 15) is 4.79 Å². The van der Waals surface area contributed by atoms with Gasteiger partial charge in [0.25, 0.3) is 0 Å². The van der Waals surface area contributed by atoms with Crippen LogP contribution in [0, 0.1) is 0 Å². The Balaban J connectivity index is 1.95. The Morgan fingerprint density at radius 2 is 2.13 bits per heavy atom. The Morgan fingerprint density at radius 3 is 2.93 bits per heavy atom. The van der Waals surface area contributed by atoms with Crippen LogP contribution < -0.4 is 5.32 Å². The third-order valence-corrected chi connectivity index (χ3v) is 2.87. The summed E-state index contributed by atoms with van der Waals surface area (Å²) in [6.07, 6.45) is 3.74. The molecular formula is C13H17NO. The van der Waals surface area contributed by atoms with Gasteiger partial charge in [-0.3, -0.25) is 4.79 Å². The zero-order valence-electron chi connectivity index (χ0n) is 9.18. The number of carbonyl (C=O) groups is 1. The van der Waals surface area contributed by atoms with Crippen LogP contribution in [0.25, 0.3) is 0 Å². The summed E-state index contributed by atoms with van der Waals surface area (Å²) < 4.78 is 0. The first-order valence-electron chi connectivity index (χ1n) is 5.56. The minimum Gasteiger partial charge on any atom is -0.306 e. The first-order chi connectivity index (χ1) is 7.25. The van der Waals surface area contributed by atoms with Crippen molar-refractivity contribution in [3.63, 3.8) is 0 Å². The van der Waals surface area contributed by atoms with Gasteiger partial charge in [-0.2, -0.15) is 0 Å². The molecule has 2 heteroatoms. The number of ketones is 1. The molecule has 2 nitrogen and oxygen atoms in total. The number of aryl methyl sites for hydroxylation is 2. The third-order valence-electron chi connectivity index (χ3n) is 2.87. The second kappa shape index (κ2) is 4.58. The van der Waals surface area contributed by atoms with E-state index in [0.29, 0.717) is 6.54 Å². The zero-order valence-corrected chi connectivity index (χ0v) is 9.18. The lowest BCUT2D eigenvalue weighted by Gasteiger charge is -2.05. The van der Waals surface area contributed by atoms with E-state index < -0.39 is 0 Å². The highest BCUT2D eigenvalue weighted by Crippen LogP contribution is 2.22. The lowest BCUT2D eigenvalue weighted by Crippen LogP contribution is -2.20. The second-order valence-corrected chi connectivity index (χ2v) is 4.26. The number of benzene rings is 1. The summed E-state index contributed by atoms with van der Waals surface area (Å²) in [5.74, 6) is 0.191. The van der Waals surface area contributed by atoms with Crippen molar-refractivity contribution < 1.29 is 4.79 Å². The highest BCUT2D eigenvalue weighted by molar-refractivity contribution is 5.77. The van der Waals surface area contributed by atoms with Gasteiger partial charge in [0, 0.05) is 6.54 Å². The van der Waals surface area contributed by atoms with E-state index in [4.69, 9.17) is 0 Å². The summed E-state index contributed by atoms with van der Waals surface area (Å²) in [5.41, 5.74) is 4.29. The first kappa shape index (κ1) is 10.4. The third kappa shape index (κ3) is 2.66. The highest BCUT2D eigenvalue weighted by atomic mass is 16.1. The van der Waals surface area contributed by atoms with Crippen LogP contribution >= 0.6 is 0 Å². The molecule has 0 aromatic heterocycles. The highest BCUT2D eigenvalue weighted by Gasteiger charge is 2.10. The molecule has 0 fully saturated rings. The van der Waals surface area contributed by atoms with Crippen molar-refractivity contribution in [3.05, 3.63) is 34.9 Å². The Labute approximate surface area is 90.7 Å². The minimum absolute atomic E-state index is 0.191. The maximum atomic E-state index is 10.8. The molecule has 0 amide bonds. The predicted molar refractivity (Wildman–Crippen MR) is 60.9 cm³/mol. The van der Waals surface area contributed by atoms with E-state index in [1.54, 1.807) is 6.92 Å². The monoisotopic (exact) mass is 203 g/mol. The number of fused-ring (bicyclic) bond motifs is 1. The Morgan fingerprint density at radius 1 is 1.33 bits per heavy atom. The van der Waals surface area contributed by atoms with Crippen molar-refractivity contribution >= 4 is 5.78 Å². The molecule has 1 aromatic carbocycles. The van der Waals surface area contributed by atoms with Crippen molar-refractivity contribution in [1.82, 2.24) is 5.32 Å². The number of hydrogen-bond donors (Lipinski definition) is 1. The van der Waals surface area contributed by atoms with Gasteiger partial charge in [-0.25, -0.2) is 0 Å². The standard InChI is InChI=1S/C13H17NO/c1-10(15)8-14-9-11-5-6-12-3-2-4-13(12)7-11/h5-7,14H,2-4,8-9H2,1H3. The van der Waals surface area contributed by atoms with E-state index in [1.807, 2.05) is 0 Å². The SMILES string of the molecule is CC(=O)CNCc1ccc2c(c1)CCC2. The van der Waals surface area contributed by atoms with E-state index in [-0.39, 0.29) is 5.78 Å². The normalized spacial score (nSPS) is 13.9. The Bertz CT molecular complexity index is 371. The Hall–Kier alpha value is -1.15. The molecule has 0 unspecified atom stereocenters. The van der Waals surface area contributed by atoms with Crippen molar-refractivity contribution in [3.8, 4) is 0 Å². The van der Waals surface area contributed by atoms with Gasteiger partial charge in [0.1, 0.15) is 5.78 Å². The van der Waals surface area contributed by atoms with E-state index >= 15 is 0 Å². The van der Waals surface area contributed by atoms with E-state index in [2.05, 4.69) is 23.5 Å². The molecule has 0 radical (unpaired) electrons. The summed E-state index contributed by atoms with van der Waals surface area (Å²) in [7, 11) is 0. The summed E-state index contributed by atoms with van der Waals surface area (Å²) in [6.45, 7) is 2.87. The van der Waals surface area contributed by atoms with E-state index in [0.717, 1.165) is 6.54 Å². The van der Waals surface area contributed by atoms with Gasteiger partial charge in [0.2, 0.25) is 0 Å². The summed E-state index contributed by atoms with van der Waals surface area (Å²) in [6, 6.07) is 6.67. The van der Waals surface area contributed by atoms with Crippen LogP contribution in [0.1, 0.15) is 30.0 Å². The lowest BCUT2D eigenvalue weighted by molar-refractivity contribution is -0.116. The van der Waals surface area contributed by atoms with Crippen LogP contribution in [-0.2, 0) is 24.2 Å². The molecular weight excluding hydrogens is 186 g/mol. The molecule has 0 bridgehead atoms. The zero-order chi connectivity index (χ0) is 10.7. The van der Waals surface area contributed by atoms with Crippen molar-refractivity contribution in [2.75, 3.05) is 6.54 Å². The van der Waals surface area contributed by atoms with Crippen LogP contribution in [0.2, 0.25) is 0 Å². The number of rotatable bonds is 4. The lowest BCUT2D eigenvalue weighted by atomic mass is 10.1. The molecule has 15 heavy (non-hydrogen) atoms. The van der Waals surface area contributed by atoms with Crippen LogP contribution in [0.4, 0.5) is 0 Å². The topological polar surface area (TPSA) is 29.1 Å². The fourth-order valence-corrected chi connectivity index (χ4v) is 2.12. The molecule has 0 spiro atoms. The molecule has 0 saturated carbocycles. The molecule has 1 aliphatic rings. The molecule has 80 valence electrons. The number of nitrogens with one attached hydrogen (secondary N) is 1. The summed E-state index contributed by atoms with van der Waals surface area (Å²) >= 11 is 0. The van der Waals surface area contributed by atoms with Gasteiger partial charge < -0.3 is 5.32 Å². The van der Waals surface area contributed by atoms with Gasteiger partial charge >= 0.3 is 0 Å². The van der Waals surface area contributed by atoms with Gasteiger partial charge in [-0.15, -0.1) is 0 Å². The average molecular weight is 203 g/mol. The molecule has 2 rings (SSSR count).